The summed E-state index contributed by atoms with van der Waals surface area (Å²) >= 11 is 0. The maximum absolute atomic E-state index is 4.15. The molecule has 222 valence electrons. The average Bonchev–Trinajstić information content (AvgIpc) is 3.59. The zero-order valence-electron chi connectivity index (χ0n) is 26.6. The molecule has 4 nitrogen and oxygen atoms in total. The minimum atomic E-state index is 1.19. The van der Waals surface area contributed by atoms with Gasteiger partial charge in [0.1, 0.15) is 0 Å². The minimum Gasteiger partial charge on any atom is -0.342 e. The van der Waals surface area contributed by atoms with Gasteiger partial charge in [-0.1, -0.05) is 125 Å². The minimum absolute atomic E-state index is 1.19. The summed E-state index contributed by atoms with van der Waals surface area (Å²) in [5.74, 6) is 0. The summed E-state index contributed by atoms with van der Waals surface area (Å²) in [6, 6.07) is 41.8. The van der Waals surface area contributed by atoms with Crippen LogP contribution in [0.5, 0.6) is 0 Å². The van der Waals surface area contributed by atoms with E-state index in [1.165, 1.54) is 54.7 Å². The van der Waals surface area contributed by atoms with Crippen molar-refractivity contribution in [3.63, 3.8) is 0 Å². The van der Waals surface area contributed by atoms with Crippen molar-refractivity contribution in [3.8, 4) is 11.1 Å². The summed E-state index contributed by atoms with van der Waals surface area (Å²) in [7, 11) is 4.15. The topological polar surface area (TPSA) is 35.6 Å². The van der Waals surface area contributed by atoms with Crippen LogP contribution in [-0.4, -0.2) is 19.1 Å². The highest BCUT2D eigenvalue weighted by Crippen LogP contribution is 2.27. The Labute approximate surface area is 261 Å². The first-order valence-corrected chi connectivity index (χ1v) is 15.4. The van der Waals surface area contributed by atoms with Crippen LogP contribution in [-0.2, 0) is 14.1 Å². The van der Waals surface area contributed by atoms with Gasteiger partial charge in [-0.15, -0.1) is 0 Å². The molecule has 0 aliphatic heterocycles. The first-order valence-electron chi connectivity index (χ1n) is 15.4. The third kappa shape index (κ3) is 6.87. The molecular weight excluding hydrogens is 536 g/mol. The van der Waals surface area contributed by atoms with Crippen molar-refractivity contribution in [2.24, 2.45) is 14.1 Å². The summed E-state index contributed by atoms with van der Waals surface area (Å²) in [6.45, 7) is 8.00. The lowest BCUT2D eigenvalue weighted by Gasteiger charge is -1.98. The van der Waals surface area contributed by atoms with Crippen LogP contribution in [0.4, 0.5) is 0 Å². The van der Waals surface area contributed by atoms with Crippen molar-refractivity contribution in [3.05, 3.63) is 146 Å². The lowest BCUT2D eigenvalue weighted by molar-refractivity contribution is 1.01. The van der Waals surface area contributed by atoms with Crippen molar-refractivity contribution in [2.75, 3.05) is 0 Å². The molecule has 0 aliphatic rings. The van der Waals surface area contributed by atoms with Crippen molar-refractivity contribution in [1.82, 2.24) is 19.1 Å². The zero-order chi connectivity index (χ0) is 31.3. The number of aryl methyl sites for hydroxylation is 2. The maximum atomic E-state index is 4.15. The lowest BCUT2D eigenvalue weighted by Crippen LogP contribution is -1.85. The molecule has 0 saturated carbocycles. The van der Waals surface area contributed by atoms with Crippen molar-refractivity contribution < 1.29 is 0 Å². The van der Waals surface area contributed by atoms with Crippen LogP contribution in [0, 0.1) is 0 Å². The molecule has 0 fully saturated rings. The highest BCUT2D eigenvalue weighted by atomic mass is 14.9. The molecule has 4 heterocycles. The summed E-state index contributed by atoms with van der Waals surface area (Å²) in [5, 5.41) is 5.15. The van der Waals surface area contributed by atoms with E-state index in [1.54, 1.807) is 0 Å². The third-order valence-electron chi connectivity index (χ3n) is 7.31. The molecule has 4 aromatic carbocycles. The van der Waals surface area contributed by atoms with Gasteiger partial charge in [0, 0.05) is 59.1 Å². The second-order valence-corrected chi connectivity index (χ2v) is 9.67. The third-order valence-corrected chi connectivity index (χ3v) is 7.31. The summed E-state index contributed by atoms with van der Waals surface area (Å²) in [6.07, 6.45) is 7.51. The van der Waals surface area contributed by atoms with Crippen LogP contribution < -0.4 is 0 Å². The van der Waals surface area contributed by atoms with E-state index in [0.717, 1.165) is 0 Å². The van der Waals surface area contributed by atoms with Crippen molar-refractivity contribution in [1.29, 1.82) is 0 Å². The SMILES string of the molecule is CC.CC.Cn1c2ccccc2c2ccncc21.Cn1c2ccccc2c2ccncc21.c1ccc(-c2ccccc2)cc1. The first-order chi connectivity index (χ1) is 21.7. The van der Waals surface area contributed by atoms with Crippen LogP contribution in [0.25, 0.3) is 54.7 Å². The van der Waals surface area contributed by atoms with Gasteiger partial charge < -0.3 is 9.13 Å². The van der Waals surface area contributed by atoms with Gasteiger partial charge in [-0.25, -0.2) is 0 Å². The number of hydrogen-bond donors (Lipinski definition) is 0. The van der Waals surface area contributed by atoms with Crippen molar-refractivity contribution >= 4 is 43.6 Å². The molecule has 4 heteroatoms. The van der Waals surface area contributed by atoms with Gasteiger partial charge in [-0.05, 0) is 35.4 Å². The fraction of sp³-hybridized carbons (Fsp3) is 0.150. The largest absolute Gasteiger partial charge is 0.342 e. The van der Waals surface area contributed by atoms with Crippen LogP contribution in [0.2, 0.25) is 0 Å². The van der Waals surface area contributed by atoms with E-state index in [0.29, 0.717) is 0 Å². The number of pyridine rings is 2. The molecule has 0 unspecified atom stereocenters. The van der Waals surface area contributed by atoms with Crippen LogP contribution in [0.3, 0.4) is 0 Å². The van der Waals surface area contributed by atoms with E-state index in [-0.39, 0.29) is 0 Å². The van der Waals surface area contributed by atoms with E-state index < -0.39 is 0 Å². The average molecular weight is 579 g/mol. The number of rotatable bonds is 1. The summed E-state index contributed by atoms with van der Waals surface area (Å²) in [5.41, 5.74) is 7.45. The van der Waals surface area contributed by atoms with Crippen LogP contribution in [0.1, 0.15) is 27.7 Å². The normalized spacial score (nSPS) is 10.0. The Kier molecular flexibility index (Phi) is 11.4. The molecule has 0 N–H and O–H groups in total. The Hall–Kier alpha value is -5.22. The Bertz CT molecular complexity index is 1760. The predicted molar refractivity (Wildman–Crippen MR) is 191 cm³/mol. The maximum Gasteiger partial charge on any atom is 0.0675 e. The molecule has 0 amide bonds. The number of fused-ring (bicyclic) bond motifs is 6. The predicted octanol–water partition coefficient (Wildman–Crippen LogP) is 10.9. The molecule has 0 saturated heterocycles. The van der Waals surface area contributed by atoms with Gasteiger partial charge in [-0.2, -0.15) is 0 Å². The van der Waals surface area contributed by atoms with E-state index in [2.05, 4.69) is 142 Å². The van der Waals surface area contributed by atoms with E-state index in [4.69, 9.17) is 0 Å². The van der Waals surface area contributed by atoms with Gasteiger partial charge in [0.2, 0.25) is 0 Å². The fourth-order valence-electron chi connectivity index (χ4n) is 5.27. The molecule has 4 aromatic heterocycles. The molecule has 0 radical (unpaired) electrons. The second-order valence-electron chi connectivity index (χ2n) is 9.67. The second kappa shape index (κ2) is 15.9. The van der Waals surface area contributed by atoms with Gasteiger partial charge in [0.05, 0.1) is 23.4 Å². The first kappa shape index (κ1) is 31.7. The number of hydrogen-bond acceptors (Lipinski definition) is 2. The summed E-state index contributed by atoms with van der Waals surface area (Å²) in [4.78, 5) is 8.30. The molecule has 0 atom stereocenters. The molecular formula is C40H42N4. The smallest absolute Gasteiger partial charge is 0.0675 e. The number of aromatic nitrogens is 4. The molecule has 8 rings (SSSR count). The van der Waals surface area contributed by atoms with Gasteiger partial charge >= 0.3 is 0 Å². The van der Waals surface area contributed by atoms with Gasteiger partial charge in [0.15, 0.2) is 0 Å². The highest BCUT2D eigenvalue weighted by Gasteiger charge is 2.06. The van der Waals surface area contributed by atoms with Gasteiger partial charge in [-0.3, -0.25) is 9.97 Å². The van der Waals surface area contributed by atoms with E-state index >= 15 is 0 Å². The van der Waals surface area contributed by atoms with Gasteiger partial charge in [0.25, 0.3) is 0 Å². The van der Waals surface area contributed by atoms with E-state index in [9.17, 15) is 0 Å². The zero-order valence-corrected chi connectivity index (χ0v) is 26.6. The number of nitrogens with zero attached hydrogens (tertiary/aromatic N) is 4. The quantitative estimate of drug-likeness (QED) is 0.194. The molecule has 44 heavy (non-hydrogen) atoms. The van der Waals surface area contributed by atoms with E-state index in [1.807, 2.05) is 64.6 Å². The number of benzene rings is 4. The molecule has 0 bridgehead atoms. The Balaban J connectivity index is 0.000000143. The standard InChI is InChI=1S/2C12H10N2.C12H10.2C2H6/c2*1-14-11-5-3-2-4-9(11)10-6-7-13-8-12(10)14;1-3-7-11(8-4-1)12-9-5-2-6-10-12;2*1-2/h2*2-8H,1H3;1-10H;2*1-2H3. The molecule has 0 aliphatic carbocycles. The Morgan fingerprint density at radius 3 is 1.07 bits per heavy atom. The van der Waals surface area contributed by atoms with Crippen LogP contribution in [0.15, 0.2) is 146 Å². The fourth-order valence-corrected chi connectivity index (χ4v) is 5.27. The van der Waals surface area contributed by atoms with Crippen molar-refractivity contribution in [2.45, 2.75) is 27.7 Å². The Morgan fingerprint density at radius 1 is 0.364 bits per heavy atom. The van der Waals surface area contributed by atoms with Crippen LogP contribution >= 0.6 is 0 Å². The summed E-state index contributed by atoms with van der Waals surface area (Å²) < 4.78 is 4.36. The molecule has 0 spiro atoms. The monoisotopic (exact) mass is 578 g/mol. The number of para-hydroxylation sites is 2. The Morgan fingerprint density at radius 2 is 0.682 bits per heavy atom. The lowest BCUT2D eigenvalue weighted by atomic mass is 10.1. The molecule has 8 aromatic rings. The highest BCUT2D eigenvalue weighted by molar-refractivity contribution is 6.08.